The molecule has 19 heavy (non-hydrogen) atoms. The third-order valence-electron chi connectivity index (χ3n) is 2.35. The van der Waals surface area contributed by atoms with E-state index in [9.17, 15) is 17.2 Å². The second kappa shape index (κ2) is 6.27. The lowest BCUT2D eigenvalue weighted by Crippen LogP contribution is -2.35. The standard InChI is InChI=1S/C11H17F2N3O2S/c1-2-16-19(17,18)10-6-4-3-5-9(10)15-8-11(12,13)7-14/h3-6,15-16H,2,7-8,14H2,1H3. The van der Waals surface area contributed by atoms with E-state index in [4.69, 9.17) is 5.73 Å². The van der Waals surface area contributed by atoms with E-state index in [1.165, 1.54) is 18.2 Å². The van der Waals surface area contributed by atoms with Crippen molar-refractivity contribution in [2.45, 2.75) is 17.7 Å². The van der Waals surface area contributed by atoms with Crippen molar-refractivity contribution in [3.05, 3.63) is 24.3 Å². The zero-order valence-corrected chi connectivity index (χ0v) is 11.3. The van der Waals surface area contributed by atoms with Gasteiger partial charge in [0.05, 0.1) is 18.8 Å². The van der Waals surface area contributed by atoms with Gasteiger partial charge in [0.1, 0.15) is 4.90 Å². The van der Waals surface area contributed by atoms with Gasteiger partial charge in [0.25, 0.3) is 5.92 Å². The molecule has 0 saturated heterocycles. The van der Waals surface area contributed by atoms with Crippen LogP contribution in [0.4, 0.5) is 14.5 Å². The predicted molar refractivity (Wildman–Crippen MR) is 69.8 cm³/mol. The van der Waals surface area contributed by atoms with Crippen LogP contribution in [0.15, 0.2) is 29.2 Å². The Morgan fingerprint density at radius 2 is 1.95 bits per heavy atom. The molecule has 0 aromatic heterocycles. The van der Waals surface area contributed by atoms with Crippen LogP contribution in [0, 0.1) is 0 Å². The molecule has 0 aliphatic heterocycles. The summed E-state index contributed by atoms with van der Waals surface area (Å²) in [6.45, 7) is 0.329. The fraction of sp³-hybridized carbons (Fsp3) is 0.455. The quantitative estimate of drug-likeness (QED) is 0.700. The maximum absolute atomic E-state index is 13.1. The highest BCUT2D eigenvalue weighted by Gasteiger charge is 2.27. The fourth-order valence-corrected chi connectivity index (χ4v) is 2.63. The lowest BCUT2D eigenvalue weighted by atomic mass is 10.3. The third-order valence-corrected chi connectivity index (χ3v) is 3.95. The minimum atomic E-state index is -3.70. The van der Waals surface area contributed by atoms with E-state index in [0.717, 1.165) is 0 Å². The van der Waals surface area contributed by atoms with Crippen molar-refractivity contribution in [2.75, 3.05) is 25.0 Å². The summed E-state index contributed by atoms with van der Waals surface area (Å²) in [7, 11) is -3.70. The van der Waals surface area contributed by atoms with Crippen LogP contribution in [0.5, 0.6) is 0 Å². The molecule has 4 N–H and O–H groups in total. The van der Waals surface area contributed by atoms with E-state index in [2.05, 4.69) is 10.0 Å². The molecule has 1 aromatic carbocycles. The topological polar surface area (TPSA) is 84.2 Å². The van der Waals surface area contributed by atoms with Gasteiger partial charge in [-0.1, -0.05) is 19.1 Å². The third kappa shape index (κ3) is 4.41. The zero-order valence-electron chi connectivity index (χ0n) is 10.5. The summed E-state index contributed by atoms with van der Waals surface area (Å²) in [5, 5.41) is 2.42. The average molecular weight is 293 g/mol. The summed E-state index contributed by atoms with van der Waals surface area (Å²) in [6, 6.07) is 5.86. The highest BCUT2D eigenvalue weighted by molar-refractivity contribution is 7.89. The van der Waals surface area contributed by atoms with E-state index in [1.54, 1.807) is 13.0 Å². The first-order valence-electron chi connectivity index (χ1n) is 5.73. The molecule has 0 radical (unpaired) electrons. The Hall–Kier alpha value is -1.25. The molecular weight excluding hydrogens is 276 g/mol. The van der Waals surface area contributed by atoms with Crippen LogP contribution >= 0.6 is 0 Å². The van der Waals surface area contributed by atoms with Gasteiger partial charge in [0, 0.05) is 6.54 Å². The van der Waals surface area contributed by atoms with E-state index in [1.807, 2.05) is 0 Å². The maximum atomic E-state index is 13.1. The molecule has 1 rings (SSSR count). The number of rotatable bonds is 7. The Morgan fingerprint density at radius 3 is 2.53 bits per heavy atom. The zero-order chi connectivity index (χ0) is 14.5. The first-order chi connectivity index (χ1) is 8.82. The summed E-state index contributed by atoms with van der Waals surface area (Å²) >= 11 is 0. The van der Waals surface area contributed by atoms with Gasteiger partial charge in [0.15, 0.2) is 0 Å². The fourth-order valence-electron chi connectivity index (χ4n) is 1.41. The van der Waals surface area contributed by atoms with Crippen molar-refractivity contribution < 1.29 is 17.2 Å². The van der Waals surface area contributed by atoms with Crippen LogP contribution in [-0.2, 0) is 10.0 Å². The molecule has 0 saturated carbocycles. The molecule has 1 aromatic rings. The summed E-state index contributed by atoms with van der Waals surface area (Å²) in [5.41, 5.74) is 5.04. The molecule has 108 valence electrons. The number of nitrogens with one attached hydrogen (secondary N) is 2. The molecule has 0 bridgehead atoms. The first kappa shape index (κ1) is 15.8. The van der Waals surface area contributed by atoms with E-state index in [0.29, 0.717) is 0 Å². The smallest absolute Gasteiger partial charge is 0.276 e. The molecule has 0 aliphatic rings. The van der Waals surface area contributed by atoms with Gasteiger partial charge in [-0.3, -0.25) is 0 Å². The van der Waals surface area contributed by atoms with Gasteiger partial charge < -0.3 is 11.1 Å². The van der Waals surface area contributed by atoms with Gasteiger partial charge in [-0.2, -0.15) is 0 Å². The van der Waals surface area contributed by atoms with Crippen LogP contribution < -0.4 is 15.8 Å². The lowest BCUT2D eigenvalue weighted by Gasteiger charge is -2.17. The minimum Gasteiger partial charge on any atom is -0.378 e. The van der Waals surface area contributed by atoms with Gasteiger partial charge in [-0.05, 0) is 12.1 Å². The number of hydrogen-bond donors (Lipinski definition) is 3. The second-order valence-corrected chi connectivity index (χ2v) is 5.65. The largest absolute Gasteiger partial charge is 0.378 e. The molecule has 0 fully saturated rings. The van der Waals surface area contributed by atoms with Crippen LogP contribution in [0.25, 0.3) is 0 Å². The van der Waals surface area contributed by atoms with Crippen molar-refractivity contribution in [3.8, 4) is 0 Å². The normalized spacial score (nSPS) is 12.4. The molecule has 5 nitrogen and oxygen atoms in total. The lowest BCUT2D eigenvalue weighted by molar-refractivity contribution is 0.0253. The second-order valence-electron chi connectivity index (χ2n) is 3.91. The molecule has 0 unspecified atom stereocenters. The summed E-state index contributed by atoms with van der Waals surface area (Å²) in [4.78, 5) is -0.0651. The number of hydrogen-bond acceptors (Lipinski definition) is 4. The molecule has 8 heteroatoms. The number of anilines is 1. The van der Waals surface area contributed by atoms with Crippen LogP contribution in [0.3, 0.4) is 0 Å². The van der Waals surface area contributed by atoms with E-state index < -0.39 is 29.0 Å². The number of sulfonamides is 1. The Kier molecular flexibility index (Phi) is 5.21. The first-order valence-corrected chi connectivity index (χ1v) is 7.21. The highest BCUT2D eigenvalue weighted by atomic mass is 32.2. The Balaban J connectivity index is 2.97. The number of para-hydroxylation sites is 1. The Labute approximate surface area is 111 Å². The highest BCUT2D eigenvalue weighted by Crippen LogP contribution is 2.22. The van der Waals surface area contributed by atoms with Crippen molar-refractivity contribution in [1.82, 2.24) is 4.72 Å². The van der Waals surface area contributed by atoms with Crippen molar-refractivity contribution in [2.24, 2.45) is 5.73 Å². The van der Waals surface area contributed by atoms with Gasteiger partial charge in [-0.15, -0.1) is 0 Å². The summed E-state index contributed by atoms with van der Waals surface area (Å²) in [5.74, 6) is -3.09. The molecule has 0 aliphatic carbocycles. The van der Waals surface area contributed by atoms with Crippen LogP contribution in [-0.4, -0.2) is 34.0 Å². The Morgan fingerprint density at radius 1 is 1.32 bits per heavy atom. The Bertz CT molecular complexity index is 520. The van der Waals surface area contributed by atoms with Gasteiger partial charge >= 0.3 is 0 Å². The predicted octanol–water partition coefficient (Wildman–Crippen LogP) is 0.991. The maximum Gasteiger partial charge on any atom is 0.276 e. The van der Waals surface area contributed by atoms with Crippen LogP contribution in [0.1, 0.15) is 6.92 Å². The molecular formula is C11H17F2N3O2S. The number of nitrogens with two attached hydrogens (primary N) is 1. The number of benzene rings is 1. The number of alkyl halides is 2. The van der Waals surface area contributed by atoms with E-state index >= 15 is 0 Å². The molecule has 0 spiro atoms. The number of halogens is 2. The average Bonchev–Trinajstić information content (AvgIpc) is 2.37. The van der Waals surface area contributed by atoms with E-state index in [-0.39, 0.29) is 17.1 Å². The van der Waals surface area contributed by atoms with Gasteiger partial charge in [-0.25, -0.2) is 21.9 Å². The SMILES string of the molecule is CCNS(=O)(=O)c1ccccc1NCC(F)(F)CN. The van der Waals surface area contributed by atoms with Crippen LogP contribution in [0.2, 0.25) is 0 Å². The monoisotopic (exact) mass is 293 g/mol. The molecule has 0 heterocycles. The van der Waals surface area contributed by atoms with Gasteiger partial charge in [0.2, 0.25) is 10.0 Å². The minimum absolute atomic E-state index is 0.0651. The summed E-state index contributed by atoms with van der Waals surface area (Å²) < 4.78 is 52.2. The molecule has 0 amide bonds. The summed E-state index contributed by atoms with van der Waals surface area (Å²) in [6.07, 6.45) is 0. The van der Waals surface area contributed by atoms with Crippen molar-refractivity contribution in [1.29, 1.82) is 0 Å². The van der Waals surface area contributed by atoms with Crippen molar-refractivity contribution in [3.63, 3.8) is 0 Å². The molecule has 0 atom stereocenters. The van der Waals surface area contributed by atoms with Crippen molar-refractivity contribution >= 4 is 15.7 Å².